The van der Waals surface area contributed by atoms with E-state index in [4.69, 9.17) is 0 Å². The number of anilines is 1. The van der Waals surface area contributed by atoms with Crippen LogP contribution in [0.15, 0.2) is 10.6 Å². The second kappa shape index (κ2) is 10.9. The van der Waals surface area contributed by atoms with Crippen molar-refractivity contribution in [1.82, 2.24) is 10.1 Å². The Morgan fingerprint density at radius 2 is 1.21 bits per heavy atom. The Bertz CT molecular complexity index is 1330. The Morgan fingerprint density at radius 3 is 1.67 bits per heavy atom. The average Bonchev–Trinajstić information content (AvgIpc) is 3.30. The summed E-state index contributed by atoms with van der Waals surface area (Å²) in [6.45, 7) is -1.37. The van der Waals surface area contributed by atoms with Gasteiger partial charge in [0.2, 0.25) is 5.82 Å². The first kappa shape index (κ1) is 37.0. The molecule has 0 saturated carbocycles. The molecule has 2 aromatic rings. The van der Waals surface area contributed by atoms with Crippen LogP contribution in [0.4, 0.5) is 84.7 Å². The van der Waals surface area contributed by atoms with Crippen LogP contribution < -0.4 is 29.3 Å². The van der Waals surface area contributed by atoms with Gasteiger partial charge in [-0.15, -0.1) is 0 Å². The van der Waals surface area contributed by atoms with E-state index >= 15 is 0 Å². The Kier molecular flexibility index (Phi) is 9.61. The van der Waals surface area contributed by atoms with E-state index in [1.54, 1.807) is 0 Å². The first-order chi connectivity index (χ1) is 18.1. The summed E-state index contributed by atoms with van der Waals surface area (Å²) in [5.41, 5.74) is -3.39. The summed E-state index contributed by atoms with van der Waals surface area (Å²) in [5.74, 6) is -63.2. The van der Waals surface area contributed by atoms with Crippen LogP contribution in [0.5, 0.6) is 0 Å². The first-order valence-corrected chi connectivity index (χ1v) is 9.40. The molecule has 0 unspecified atom stereocenters. The second-order valence-corrected chi connectivity index (χ2v) is 7.50. The first-order valence-electron chi connectivity index (χ1n) is 9.40. The number of carbonyl (C=O) groups excluding carboxylic acids is 1. The summed E-state index contributed by atoms with van der Waals surface area (Å²) in [6, 6.07) is -0.286. The maximum Gasteiger partial charge on any atom is 1.00 e. The number of carboxylic acid groups (broad SMARTS) is 1. The van der Waals surface area contributed by atoms with E-state index in [0.29, 0.717) is 0 Å². The van der Waals surface area contributed by atoms with Crippen molar-refractivity contribution in [3.05, 3.63) is 29.3 Å². The van der Waals surface area contributed by atoms with Crippen molar-refractivity contribution in [2.24, 2.45) is 0 Å². The molecule has 2 rings (SSSR count). The molecular formula is C17H4F18LiN3O3. The van der Waals surface area contributed by atoms with Gasteiger partial charge in [-0.3, -0.25) is 0 Å². The predicted octanol–water partition coefficient (Wildman–Crippen LogP) is 2.15. The Labute approximate surface area is 229 Å². The summed E-state index contributed by atoms with van der Waals surface area (Å²) < 4.78 is 246. The monoisotopic (exact) mass is 647 g/mol. The van der Waals surface area contributed by atoms with Gasteiger partial charge in [0.25, 0.3) is 5.89 Å². The fraction of sp³-hybridized carbons (Fsp3) is 0.471. The van der Waals surface area contributed by atoms with Gasteiger partial charge in [0.05, 0.1) is 18.1 Å². The van der Waals surface area contributed by atoms with Crippen LogP contribution >= 0.6 is 0 Å². The van der Waals surface area contributed by atoms with E-state index in [1.807, 2.05) is 5.16 Å². The molecular weight excluding hydrogens is 643 g/mol. The zero-order valence-electron chi connectivity index (χ0n) is 19.2. The molecule has 1 aromatic carbocycles. The number of aromatic nitrogens is 2. The summed E-state index contributed by atoms with van der Waals surface area (Å²) >= 11 is 0. The van der Waals surface area contributed by atoms with Gasteiger partial charge < -0.3 is 19.7 Å². The van der Waals surface area contributed by atoms with E-state index in [1.165, 1.54) is 5.32 Å². The van der Waals surface area contributed by atoms with E-state index in [-0.39, 0.29) is 24.9 Å². The molecule has 232 valence electrons. The summed E-state index contributed by atoms with van der Waals surface area (Å²) in [7, 11) is 0. The van der Waals surface area contributed by atoms with E-state index in [2.05, 4.69) is 9.51 Å². The number of hydrogen-bond acceptors (Lipinski definition) is 6. The van der Waals surface area contributed by atoms with Crippen molar-refractivity contribution in [1.29, 1.82) is 0 Å². The van der Waals surface area contributed by atoms with Crippen molar-refractivity contribution >= 4 is 11.7 Å². The minimum Gasteiger partial charge on any atom is -0.548 e. The third-order valence-corrected chi connectivity index (χ3v) is 4.83. The largest absolute Gasteiger partial charge is 1.00 e. The average molecular weight is 647 g/mol. The van der Waals surface area contributed by atoms with Gasteiger partial charge in [-0.1, -0.05) is 5.16 Å². The number of carboxylic acids is 1. The van der Waals surface area contributed by atoms with Crippen LogP contribution in [-0.4, -0.2) is 58.4 Å². The standard InChI is InChI=1S/C17H5F18N3O3.Li/c18-4-1-3(6(19)7(20)8(4)36-2-5(39)40)9-37-10(38-41-9)11(21,22)12(23,24)13(25,26)14(27,28)15(29,30)16(31,32)17(33,34)35;/h1,36H,2H2,(H,39,40);/q;+1/p-1. The van der Waals surface area contributed by atoms with Gasteiger partial charge in [0.15, 0.2) is 11.6 Å². The van der Waals surface area contributed by atoms with Crippen molar-refractivity contribution in [3.63, 3.8) is 0 Å². The number of carbonyl (C=O) groups is 1. The zero-order valence-corrected chi connectivity index (χ0v) is 19.2. The molecule has 0 atom stereocenters. The third kappa shape index (κ3) is 5.30. The van der Waals surface area contributed by atoms with Crippen LogP contribution in [0.2, 0.25) is 0 Å². The molecule has 1 N–H and O–H groups in total. The summed E-state index contributed by atoms with van der Waals surface area (Å²) in [4.78, 5) is 12.4. The van der Waals surface area contributed by atoms with Gasteiger partial charge in [0.1, 0.15) is 11.5 Å². The van der Waals surface area contributed by atoms with E-state index < -0.39 is 94.6 Å². The maximum absolute atomic E-state index is 14.2. The number of benzene rings is 1. The molecule has 6 nitrogen and oxygen atoms in total. The third-order valence-electron chi connectivity index (χ3n) is 4.83. The fourth-order valence-electron chi connectivity index (χ4n) is 2.64. The molecule has 1 heterocycles. The smallest absolute Gasteiger partial charge is 0.548 e. The molecule has 42 heavy (non-hydrogen) atoms. The van der Waals surface area contributed by atoms with Crippen molar-refractivity contribution in [2.45, 2.75) is 41.7 Å². The van der Waals surface area contributed by atoms with Crippen LogP contribution in [-0.2, 0) is 10.7 Å². The fourth-order valence-corrected chi connectivity index (χ4v) is 2.64. The van der Waals surface area contributed by atoms with Crippen molar-refractivity contribution in [3.8, 4) is 11.5 Å². The van der Waals surface area contributed by atoms with Gasteiger partial charge in [-0.25, -0.2) is 13.2 Å². The van der Waals surface area contributed by atoms with Crippen molar-refractivity contribution < 1.29 is 112 Å². The number of aliphatic carboxylic acids is 1. The Balaban J connectivity index is 0.00000882. The molecule has 1 aromatic heterocycles. The van der Waals surface area contributed by atoms with Gasteiger partial charge >= 0.3 is 60.6 Å². The normalized spacial score (nSPS) is 14.0. The van der Waals surface area contributed by atoms with E-state index in [9.17, 15) is 88.9 Å². The quantitative estimate of drug-likeness (QED) is 0.242. The minimum absolute atomic E-state index is 0. The number of hydrogen-bond donors (Lipinski definition) is 1. The number of rotatable bonds is 10. The number of nitrogens with one attached hydrogen (secondary N) is 1. The van der Waals surface area contributed by atoms with Gasteiger partial charge in [-0.2, -0.15) is 70.8 Å². The predicted molar refractivity (Wildman–Crippen MR) is 87.8 cm³/mol. The Hall–Kier alpha value is -3.03. The molecule has 0 bridgehead atoms. The zero-order chi connectivity index (χ0) is 32.4. The van der Waals surface area contributed by atoms with Crippen LogP contribution in [0, 0.1) is 17.5 Å². The second-order valence-electron chi connectivity index (χ2n) is 7.50. The minimum atomic E-state index is -8.61. The SMILES string of the molecule is O=C([O-])CNc1c(F)cc(-c2nc(C(F)(F)C(F)(F)C(F)(F)C(F)(F)C(F)(F)C(F)(F)C(F)(F)F)no2)c(F)c1F.[Li+]. The van der Waals surface area contributed by atoms with Gasteiger partial charge in [0, 0.05) is 0 Å². The number of halogens is 18. The molecule has 0 radical (unpaired) electrons. The number of alkyl halides is 15. The van der Waals surface area contributed by atoms with Crippen LogP contribution in [0.25, 0.3) is 11.5 Å². The van der Waals surface area contributed by atoms with Crippen molar-refractivity contribution in [2.75, 3.05) is 11.9 Å². The molecule has 0 aliphatic rings. The topological polar surface area (TPSA) is 91.1 Å². The molecule has 0 amide bonds. The van der Waals surface area contributed by atoms with Crippen LogP contribution in [0.3, 0.4) is 0 Å². The molecule has 0 saturated heterocycles. The summed E-state index contributed by atoms with van der Waals surface area (Å²) in [6.07, 6.45) is -7.80. The Morgan fingerprint density at radius 1 is 0.762 bits per heavy atom. The van der Waals surface area contributed by atoms with Gasteiger partial charge in [-0.05, 0) is 6.07 Å². The molecule has 0 aliphatic heterocycles. The van der Waals surface area contributed by atoms with Crippen LogP contribution in [0.1, 0.15) is 5.82 Å². The molecule has 0 aliphatic carbocycles. The maximum atomic E-state index is 14.2. The molecule has 25 heteroatoms. The molecule has 0 fully saturated rings. The summed E-state index contributed by atoms with van der Waals surface area (Å²) in [5, 5.41) is 13.6. The molecule has 0 spiro atoms. The number of nitrogens with zero attached hydrogens (tertiary/aromatic N) is 2. The van der Waals surface area contributed by atoms with E-state index in [0.717, 1.165) is 0 Å².